The third-order valence-electron chi connectivity index (χ3n) is 4.80. The number of likely N-dealkylation sites (N-methyl/N-ethyl adjacent to an activating group) is 1. The Hall–Kier alpha value is -3.41. The summed E-state index contributed by atoms with van der Waals surface area (Å²) in [5.41, 5.74) is 2.28. The fourth-order valence-electron chi connectivity index (χ4n) is 3.35. The van der Waals surface area contributed by atoms with Crippen molar-refractivity contribution in [1.29, 1.82) is 0 Å². The van der Waals surface area contributed by atoms with Gasteiger partial charge >= 0.3 is 11.1 Å². The zero-order valence-corrected chi connectivity index (χ0v) is 17.0. The molecule has 6 nitrogen and oxygen atoms in total. The van der Waals surface area contributed by atoms with Gasteiger partial charge in [-0.2, -0.15) is 0 Å². The topological polar surface area (TPSA) is 64.3 Å². The molecular weight excluding hydrogens is 366 g/mol. The van der Waals surface area contributed by atoms with Crippen molar-refractivity contribution < 1.29 is 4.79 Å². The van der Waals surface area contributed by atoms with Crippen molar-refractivity contribution in [2.24, 2.45) is 0 Å². The quantitative estimate of drug-likeness (QED) is 0.607. The van der Waals surface area contributed by atoms with Crippen LogP contribution in [0, 0.1) is 13.8 Å². The van der Waals surface area contributed by atoms with Crippen molar-refractivity contribution in [2.45, 2.75) is 33.9 Å². The van der Waals surface area contributed by atoms with Gasteiger partial charge in [0.1, 0.15) is 6.54 Å². The highest BCUT2D eigenvalue weighted by molar-refractivity contribution is 5.76. The van der Waals surface area contributed by atoms with Crippen LogP contribution in [0.25, 0.3) is 5.69 Å². The summed E-state index contributed by atoms with van der Waals surface area (Å²) in [5, 5.41) is 0. The van der Waals surface area contributed by atoms with Crippen LogP contribution in [0.2, 0.25) is 0 Å². The highest BCUT2D eigenvalue weighted by Gasteiger charge is 2.15. The molecule has 6 heteroatoms. The number of carbonyl (C=O) groups is 1. The number of carbonyl (C=O) groups excluding carboxylic acids is 1. The van der Waals surface area contributed by atoms with Gasteiger partial charge in [0.25, 0.3) is 0 Å². The van der Waals surface area contributed by atoms with Crippen molar-refractivity contribution in [2.75, 3.05) is 6.54 Å². The lowest BCUT2D eigenvalue weighted by Crippen LogP contribution is -2.43. The molecule has 1 heterocycles. The molecule has 0 radical (unpaired) electrons. The van der Waals surface area contributed by atoms with Gasteiger partial charge in [-0.15, -0.1) is 0 Å². The standard InChI is InChI=1S/C23H25N3O3/c1-4-24(15-19-8-6-5-7-9-19)21(27)16-25-10-11-26(23(29)22(25)28)20-13-17(2)12-18(3)14-20/h5-14H,4,15-16H2,1-3H3. The van der Waals surface area contributed by atoms with Crippen molar-refractivity contribution in [3.8, 4) is 5.69 Å². The first-order chi connectivity index (χ1) is 13.9. The first-order valence-corrected chi connectivity index (χ1v) is 9.61. The molecule has 0 aliphatic heterocycles. The van der Waals surface area contributed by atoms with E-state index in [4.69, 9.17) is 0 Å². The van der Waals surface area contributed by atoms with E-state index >= 15 is 0 Å². The van der Waals surface area contributed by atoms with E-state index in [-0.39, 0.29) is 12.5 Å². The summed E-state index contributed by atoms with van der Waals surface area (Å²) < 4.78 is 2.50. The molecule has 29 heavy (non-hydrogen) atoms. The number of aromatic nitrogens is 2. The number of amides is 1. The van der Waals surface area contributed by atoms with Gasteiger partial charge in [-0.3, -0.25) is 23.5 Å². The van der Waals surface area contributed by atoms with Crippen molar-refractivity contribution in [3.63, 3.8) is 0 Å². The van der Waals surface area contributed by atoms with E-state index < -0.39 is 11.1 Å². The Balaban J connectivity index is 1.84. The average molecular weight is 391 g/mol. The van der Waals surface area contributed by atoms with Crippen molar-refractivity contribution in [1.82, 2.24) is 14.0 Å². The lowest BCUT2D eigenvalue weighted by molar-refractivity contribution is -0.132. The minimum Gasteiger partial charge on any atom is -0.337 e. The molecule has 2 aromatic carbocycles. The minimum atomic E-state index is -0.712. The molecule has 150 valence electrons. The second kappa shape index (κ2) is 8.73. The average Bonchev–Trinajstić information content (AvgIpc) is 2.69. The predicted molar refractivity (Wildman–Crippen MR) is 113 cm³/mol. The van der Waals surface area contributed by atoms with Gasteiger partial charge in [0, 0.05) is 31.2 Å². The summed E-state index contributed by atoms with van der Waals surface area (Å²) in [5.74, 6) is -0.206. The summed E-state index contributed by atoms with van der Waals surface area (Å²) in [7, 11) is 0. The van der Waals surface area contributed by atoms with Gasteiger partial charge in [-0.1, -0.05) is 36.4 Å². The van der Waals surface area contributed by atoms with Gasteiger partial charge in [0.2, 0.25) is 5.91 Å². The molecule has 0 saturated carbocycles. The third kappa shape index (κ3) is 4.71. The Morgan fingerprint density at radius 2 is 1.59 bits per heavy atom. The molecule has 3 aromatic rings. The van der Waals surface area contributed by atoms with Gasteiger partial charge in [0.15, 0.2) is 0 Å². The van der Waals surface area contributed by atoms with E-state index in [9.17, 15) is 14.4 Å². The lowest BCUT2D eigenvalue weighted by atomic mass is 10.1. The molecule has 0 bridgehead atoms. The van der Waals surface area contributed by atoms with E-state index in [0.717, 1.165) is 16.7 Å². The number of hydrogen-bond donors (Lipinski definition) is 0. The summed E-state index contributed by atoms with van der Waals surface area (Å²) >= 11 is 0. The monoisotopic (exact) mass is 391 g/mol. The number of benzene rings is 2. The highest BCUT2D eigenvalue weighted by Crippen LogP contribution is 2.11. The normalized spacial score (nSPS) is 10.7. The smallest absolute Gasteiger partial charge is 0.320 e. The molecule has 0 aliphatic rings. The molecule has 0 atom stereocenters. The summed E-state index contributed by atoms with van der Waals surface area (Å²) in [4.78, 5) is 39.6. The second-order valence-electron chi connectivity index (χ2n) is 7.15. The Morgan fingerprint density at radius 1 is 0.931 bits per heavy atom. The minimum absolute atomic E-state index is 0.164. The maximum absolute atomic E-state index is 12.7. The Labute approximate surface area is 169 Å². The van der Waals surface area contributed by atoms with Crippen molar-refractivity contribution in [3.05, 3.63) is 98.3 Å². The van der Waals surface area contributed by atoms with Crippen LogP contribution in [0.5, 0.6) is 0 Å². The summed E-state index contributed by atoms with van der Waals surface area (Å²) in [6.07, 6.45) is 3.04. The number of rotatable bonds is 6. The molecule has 0 aliphatic carbocycles. The van der Waals surface area contributed by atoms with E-state index in [0.29, 0.717) is 18.8 Å². The van der Waals surface area contributed by atoms with E-state index in [1.54, 1.807) is 11.1 Å². The van der Waals surface area contributed by atoms with Gasteiger partial charge in [-0.25, -0.2) is 0 Å². The fraction of sp³-hybridized carbons (Fsp3) is 0.261. The SMILES string of the molecule is CCN(Cc1ccccc1)C(=O)Cn1ccn(-c2cc(C)cc(C)c2)c(=O)c1=O. The summed E-state index contributed by atoms with van der Waals surface area (Å²) in [6, 6.07) is 15.4. The van der Waals surface area contributed by atoms with Crippen LogP contribution in [-0.2, 0) is 17.9 Å². The van der Waals surface area contributed by atoms with Crippen LogP contribution in [-0.4, -0.2) is 26.5 Å². The zero-order chi connectivity index (χ0) is 21.0. The van der Waals surface area contributed by atoms with Crippen LogP contribution in [0.1, 0.15) is 23.6 Å². The maximum atomic E-state index is 12.7. The Kier molecular flexibility index (Phi) is 6.12. The molecule has 1 aromatic heterocycles. The Morgan fingerprint density at radius 3 is 2.21 bits per heavy atom. The van der Waals surface area contributed by atoms with Gasteiger partial charge < -0.3 is 4.90 Å². The third-order valence-corrected chi connectivity index (χ3v) is 4.80. The van der Waals surface area contributed by atoms with E-state index in [1.807, 2.05) is 69.3 Å². The van der Waals surface area contributed by atoms with Crippen LogP contribution < -0.4 is 11.1 Å². The van der Waals surface area contributed by atoms with Gasteiger partial charge in [-0.05, 0) is 49.6 Å². The van der Waals surface area contributed by atoms with Crippen molar-refractivity contribution >= 4 is 5.91 Å². The fourth-order valence-corrected chi connectivity index (χ4v) is 3.35. The Bertz CT molecular complexity index is 1110. The molecule has 1 amide bonds. The highest BCUT2D eigenvalue weighted by atomic mass is 16.2. The van der Waals surface area contributed by atoms with Crippen LogP contribution in [0.3, 0.4) is 0 Å². The number of hydrogen-bond acceptors (Lipinski definition) is 3. The molecule has 0 spiro atoms. The van der Waals surface area contributed by atoms with Crippen LogP contribution >= 0.6 is 0 Å². The molecule has 0 unspecified atom stereocenters. The van der Waals surface area contributed by atoms with Crippen LogP contribution in [0.4, 0.5) is 0 Å². The van der Waals surface area contributed by atoms with E-state index in [1.165, 1.54) is 15.3 Å². The largest absolute Gasteiger partial charge is 0.337 e. The molecule has 0 N–H and O–H groups in total. The number of nitrogens with zero attached hydrogens (tertiary/aromatic N) is 3. The zero-order valence-electron chi connectivity index (χ0n) is 17.0. The van der Waals surface area contributed by atoms with E-state index in [2.05, 4.69) is 0 Å². The number of aryl methyl sites for hydroxylation is 2. The maximum Gasteiger partial charge on any atom is 0.320 e. The molecular formula is C23H25N3O3. The van der Waals surface area contributed by atoms with Gasteiger partial charge in [0.05, 0.1) is 0 Å². The molecule has 0 fully saturated rings. The first kappa shape index (κ1) is 20.3. The lowest BCUT2D eigenvalue weighted by Gasteiger charge is -2.21. The van der Waals surface area contributed by atoms with Crippen LogP contribution in [0.15, 0.2) is 70.5 Å². The summed E-state index contributed by atoms with van der Waals surface area (Å²) in [6.45, 7) is 6.58. The predicted octanol–water partition coefficient (Wildman–Crippen LogP) is 2.66. The second-order valence-corrected chi connectivity index (χ2v) is 7.15. The first-order valence-electron chi connectivity index (χ1n) is 9.61. The molecule has 0 saturated heterocycles. The molecule has 3 rings (SSSR count).